The number of amides is 2. The molecule has 1 unspecified atom stereocenters. The minimum absolute atomic E-state index is 0.0397. The molecule has 1 saturated heterocycles. The molecule has 28 heavy (non-hydrogen) atoms. The summed E-state index contributed by atoms with van der Waals surface area (Å²) in [5.41, 5.74) is 2.03. The highest BCUT2D eigenvalue weighted by Gasteiger charge is 2.28. The summed E-state index contributed by atoms with van der Waals surface area (Å²) in [6, 6.07) is 5.95. The zero-order valence-electron chi connectivity index (χ0n) is 16.3. The van der Waals surface area contributed by atoms with Crippen LogP contribution in [0.15, 0.2) is 23.2 Å². The molecular weight excluding hydrogens is 398 g/mol. The maximum absolute atomic E-state index is 12.4. The van der Waals surface area contributed by atoms with E-state index in [1.165, 1.54) is 11.3 Å². The molecule has 1 atom stereocenters. The Hall–Kier alpha value is -2.00. The summed E-state index contributed by atoms with van der Waals surface area (Å²) in [6.45, 7) is 4.48. The van der Waals surface area contributed by atoms with Crippen molar-refractivity contribution in [2.75, 3.05) is 18.1 Å². The van der Waals surface area contributed by atoms with Gasteiger partial charge >= 0.3 is 0 Å². The highest BCUT2D eigenvalue weighted by molar-refractivity contribution is 7.92. The van der Waals surface area contributed by atoms with E-state index in [1.807, 2.05) is 32.0 Å². The summed E-state index contributed by atoms with van der Waals surface area (Å²) >= 11 is 1.33. The predicted molar refractivity (Wildman–Crippen MR) is 110 cm³/mol. The normalized spacial score (nSPS) is 18.6. The van der Waals surface area contributed by atoms with E-state index in [1.54, 1.807) is 16.5 Å². The number of carbonyl (C=O) groups is 2. The van der Waals surface area contributed by atoms with Crippen molar-refractivity contribution in [3.05, 3.63) is 28.6 Å². The van der Waals surface area contributed by atoms with E-state index in [9.17, 15) is 18.0 Å². The van der Waals surface area contributed by atoms with E-state index < -0.39 is 33.2 Å². The van der Waals surface area contributed by atoms with Crippen molar-refractivity contribution in [3.63, 3.8) is 0 Å². The van der Waals surface area contributed by atoms with Crippen LogP contribution >= 0.6 is 11.3 Å². The number of benzene rings is 1. The van der Waals surface area contributed by atoms with Crippen LogP contribution in [0.4, 0.5) is 0 Å². The molecule has 0 spiro atoms. The van der Waals surface area contributed by atoms with Crippen molar-refractivity contribution >= 4 is 43.2 Å². The first-order valence-electron chi connectivity index (χ1n) is 9.30. The fraction of sp³-hybridized carbons (Fsp3) is 0.526. The molecule has 2 aromatic rings. The zero-order chi connectivity index (χ0) is 20.5. The number of piperidine rings is 1. The van der Waals surface area contributed by atoms with Crippen LogP contribution in [-0.2, 0) is 26.5 Å². The Morgan fingerprint density at radius 1 is 1.25 bits per heavy atom. The molecule has 2 heterocycles. The van der Waals surface area contributed by atoms with Crippen LogP contribution in [-0.4, -0.2) is 53.8 Å². The average molecular weight is 424 g/mol. The Morgan fingerprint density at radius 2 is 2.00 bits per heavy atom. The van der Waals surface area contributed by atoms with E-state index >= 15 is 0 Å². The van der Waals surface area contributed by atoms with Gasteiger partial charge in [0.1, 0.15) is 11.5 Å². The van der Waals surface area contributed by atoms with Crippen molar-refractivity contribution in [3.8, 4) is 0 Å². The van der Waals surface area contributed by atoms with Gasteiger partial charge in [-0.3, -0.25) is 9.59 Å². The standard InChI is InChI=1S/C19H25N3O4S2/c1-13-7-8-15-16(10-13)27-19(21(15)3)20-17(23)11-28(25,26)12-18(24)22-9-5-4-6-14(22)2/h7-8,10,14H,4-6,9,11-12H2,1-3H3. The Labute approximate surface area is 168 Å². The van der Waals surface area contributed by atoms with Crippen LogP contribution < -0.4 is 4.80 Å². The van der Waals surface area contributed by atoms with Gasteiger partial charge < -0.3 is 9.47 Å². The molecule has 152 valence electrons. The number of fused-ring (bicyclic) bond motifs is 1. The molecule has 1 aliphatic heterocycles. The summed E-state index contributed by atoms with van der Waals surface area (Å²) < 4.78 is 27.5. The fourth-order valence-corrected chi connectivity index (χ4v) is 5.68. The second kappa shape index (κ2) is 8.16. The van der Waals surface area contributed by atoms with Crippen molar-refractivity contribution in [2.45, 2.75) is 39.2 Å². The Bertz CT molecular complexity index is 1080. The number of rotatable bonds is 4. The summed E-state index contributed by atoms with van der Waals surface area (Å²) in [5, 5.41) is 0. The number of aromatic nitrogens is 1. The maximum Gasteiger partial charge on any atom is 0.263 e. The number of sulfone groups is 1. The van der Waals surface area contributed by atoms with Gasteiger partial charge in [0, 0.05) is 19.6 Å². The summed E-state index contributed by atoms with van der Waals surface area (Å²) in [5.74, 6) is -2.58. The molecule has 0 radical (unpaired) electrons. The van der Waals surface area contributed by atoms with Crippen LogP contribution in [0.2, 0.25) is 0 Å². The molecule has 1 aliphatic rings. The second-order valence-electron chi connectivity index (χ2n) is 7.38. The van der Waals surface area contributed by atoms with E-state index in [4.69, 9.17) is 0 Å². The fourth-order valence-electron chi connectivity index (χ4n) is 3.47. The van der Waals surface area contributed by atoms with Crippen LogP contribution in [0.5, 0.6) is 0 Å². The number of thiazole rings is 1. The SMILES string of the molecule is Cc1ccc2c(c1)sc(=NC(=O)CS(=O)(=O)CC(=O)N1CCCCC1C)n2C. The minimum Gasteiger partial charge on any atom is -0.339 e. The molecule has 9 heteroatoms. The quantitative estimate of drug-likeness (QED) is 0.750. The number of hydrogen-bond acceptors (Lipinski definition) is 5. The van der Waals surface area contributed by atoms with Crippen molar-refractivity contribution in [1.29, 1.82) is 0 Å². The van der Waals surface area contributed by atoms with Gasteiger partial charge in [0.05, 0.1) is 10.2 Å². The molecule has 0 aliphatic carbocycles. The third-order valence-electron chi connectivity index (χ3n) is 5.00. The Morgan fingerprint density at radius 3 is 2.71 bits per heavy atom. The van der Waals surface area contributed by atoms with Crippen LogP contribution in [0, 0.1) is 6.92 Å². The van der Waals surface area contributed by atoms with Gasteiger partial charge in [0.25, 0.3) is 5.91 Å². The molecule has 1 fully saturated rings. The highest BCUT2D eigenvalue weighted by atomic mass is 32.2. The van der Waals surface area contributed by atoms with Crippen molar-refractivity contribution in [1.82, 2.24) is 9.47 Å². The molecule has 0 saturated carbocycles. The smallest absolute Gasteiger partial charge is 0.263 e. The first kappa shape index (κ1) is 20.7. The number of carbonyl (C=O) groups excluding carboxylic acids is 2. The van der Waals surface area contributed by atoms with Gasteiger partial charge in [0.2, 0.25) is 5.91 Å². The third kappa shape index (κ3) is 4.70. The lowest BCUT2D eigenvalue weighted by atomic mass is 10.0. The van der Waals surface area contributed by atoms with Gasteiger partial charge in [0.15, 0.2) is 14.6 Å². The Kier molecular flexibility index (Phi) is 6.04. The second-order valence-corrected chi connectivity index (χ2v) is 10.5. The molecule has 2 amide bonds. The molecular formula is C19H25N3O4S2. The first-order chi connectivity index (χ1) is 13.2. The van der Waals surface area contributed by atoms with Gasteiger partial charge in [-0.2, -0.15) is 4.99 Å². The summed E-state index contributed by atoms with van der Waals surface area (Å²) in [4.78, 5) is 30.7. The number of nitrogens with zero attached hydrogens (tertiary/aromatic N) is 3. The largest absolute Gasteiger partial charge is 0.339 e. The summed E-state index contributed by atoms with van der Waals surface area (Å²) in [7, 11) is -2.07. The van der Waals surface area contributed by atoms with Gasteiger partial charge in [-0.15, -0.1) is 0 Å². The van der Waals surface area contributed by atoms with Crippen LogP contribution in [0.3, 0.4) is 0 Å². The lowest BCUT2D eigenvalue weighted by Crippen LogP contribution is -2.45. The molecule has 0 bridgehead atoms. The molecule has 3 rings (SSSR count). The molecule has 1 aromatic carbocycles. The van der Waals surface area contributed by atoms with Gasteiger partial charge in [-0.25, -0.2) is 8.42 Å². The van der Waals surface area contributed by atoms with E-state index in [0.29, 0.717) is 11.3 Å². The third-order valence-corrected chi connectivity index (χ3v) is 7.46. The average Bonchev–Trinajstić information content (AvgIpc) is 2.89. The van der Waals surface area contributed by atoms with Crippen LogP contribution in [0.1, 0.15) is 31.7 Å². The molecule has 0 N–H and O–H groups in total. The lowest BCUT2D eigenvalue weighted by molar-refractivity contribution is -0.131. The van der Waals surface area contributed by atoms with E-state index in [2.05, 4.69) is 4.99 Å². The van der Waals surface area contributed by atoms with Crippen LogP contribution in [0.25, 0.3) is 10.2 Å². The maximum atomic E-state index is 12.4. The van der Waals surface area contributed by atoms with Crippen molar-refractivity contribution < 1.29 is 18.0 Å². The highest BCUT2D eigenvalue weighted by Crippen LogP contribution is 2.18. The van der Waals surface area contributed by atoms with Crippen molar-refractivity contribution in [2.24, 2.45) is 12.0 Å². The number of likely N-dealkylation sites (tertiary alicyclic amines) is 1. The lowest BCUT2D eigenvalue weighted by Gasteiger charge is -2.33. The molecule has 1 aromatic heterocycles. The monoisotopic (exact) mass is 423 g/mol. The topological polar surface area (TPSA) is 88.8 Å². The zero-order valence-corrected chi connectivity index (χ0v) is 18.0. The number of aryl methyl sites for hydroxylation is 2. The first-order valence-corrected chi connectivity index (χ1v) is 11.9. The van der Waals surface area contributed by atoms with E-state index in [-0.39, 0.29) is 6.04 Å². The summed E-state index contributed by atoms with van der Waals surface area (Å²) in [6.07, 6.45) is 2.80. The Balaban J connectivity index is 1.74. The number of hydrogen-bond donors (Lipinski definition) is 0. The predicted octanol–water partition coefficient (Wildman–Crippen LogP) is 1.79. The van der Waals surface area contributed by atoms with Gasteiger partial charge in [-0.05, 0) is 50.8 Å². The minimum atomic E-state index is -3.86. The molecule has 7 nitrogen and oxygen atoms in total. The van der Waals surface area contributed by atoms with E-state index in [0.717, 1.165) is 35.0 Å². The van der Waals surface area contributed by atoms with Gasteiger partial charge in [-0.1, -0.05) is 17.4 Å².